The predicted octanol–water partition coefficient (Wildman–Crippen LogP) is 1.69. The summed E-state index contributed by atoms with van der Waals surface area (Å²) in [4.78, 5) is 0. The molecular formula is C7H8ClN3. The molecule has 1 aromatic heterocycles. The van der Waals surface area contributed by atoms with Crippen LogP contribution in [0.2, 0.25) is 0 Å². The van der Waals surface area contributed by atoms with Crippen LogP contribution in [-0.4, -0.2) is 15.4 Å². The van der Waals surface area contributed by atoms with Crippen molar-refractivity contribution in [1.82, 2.24) is 15.4 Å². The van der Waals surface area contributed by atoms with Gasteiger partial charge in [-0.25, -0.2) is 0 Å². The number of aryl methyl sites for hydroxylation is 1. The Kier molecular flexibility index (Phi) is 2.10. The Morgan fingerprint density at radius 1 is 1.27 bits per heavy atom. The Morgan fingerprint density at radius 2 is 2.09 bits per heavy atom. The number of hydrogen-bond acceptors (Lipinski definition) is 2. The topological polar surface area (TPSA) is 41.6 Å². The molecule has 2 aromatic rings. The van der Waals surface area contributed by atoms with Crippen molar-refractivity contribution in [3.8, 4) is 0 Å². The second kappa shape index (κ2) is 2.88. The van der Waals surface area contributed by atoms with E-state index in [1.54, 1.807) is 0 Å². The van der Waals surface area contributed by atoms with Crippen molar-refractivity contribution in [2.24, 2.45) is 0 Å². The highest BCUT2D eigenvalue weighted by molar-refractivity contribution is 5.85. The van der Waals surface area contributed by atoms with E-state index in [0.29, 0.717) is 0 Å². The van der Waals surface area contributed by atoms with Crippen LogP contribution in [0.1, 0.15) is 5.56 Å². The van der Waals surface area contributed by atoms with Crippen LogP contribution in [0.3, 0.4) is 0 Å². The molecule has 3 nitrogen and oxygen atoms in total. The Balaban J connectivity index is 0.000000605. The molecule has 4 heteroatoms. The summed E-state index contributed by atoms with van der Waals surface area (Å²) < 4.78 is 0. The molecule has 0 atom stereocenters. The zero-order valence-corrected chi connectivity index (χ0v) is 6.85. The number of nitrogens with zero attached hydrogens (tertiary/aromatic N) is 2. The molecule has 1 aromatic carbocycles. The number of H-pyrrole nitrogens is 1. The molecule has 0 saturated heterocycles. The van der Waals surface area contributed by atoms with Crippen LogP contribution in [0.25, 0.3) is 11.0 Å². The first kappa shape index (κ1) is 8.01. The van der Waals surface area contributed by atoms with E-state index in [2.05, 4.69) is 15.4 Å². The number of nitrogens with one attached hydrogen (secondary N) is 1. The molecule has 0 radical (unpaired) electrons. The fourth-order valence-corrected chi connectivity index (χ4v) is 1.01. The zero-order chi connectivity index (χ0) is 6.97. The van der Waals surface area contributed by atoms with Crippen LogP contribution in [0.15, 0.2) is 18.2 Å². The van der Waals surface area contributed by atoms with Crippen LogP contribution in [0.5, 0.6) is 0 Å². The molecule has 0 aliphatic carbocycles. The monoisotopic (exact) mass is 169 g/mol. The maximum atomic E-state index is 3.98. The van der Waals surface area contributed by atoms with E-state index in [0.717, 1.165) is 16.6 Å². The lowest BCUT2D eigenvalue weighted by molar-refractivity contribution is 0.958. The van der Waals surface area contributed by atoms with Gasteiger partial charge in [0, 0.05) is 0 Å². The normalized spacial score (nSPS) is 9.55. The molecule has 1 N–H and O–H groups in total. The van der Waals surface area contributed by atoms with Gasteiger partial charge in [-0.3, -0.25) is 0 Å². The van der Waals surface area contributed by atoms with Gasteiger partial charge < -0.3 is 0 Å². The Hall–Kier alpha value is -1.09. The number of aromatic amines is 1. The number of benzene rings is 1. The Morgan fingerprint density at radius 3 is 2.82 bits per heavy atom. The van der Waals surface area contributed by atoms with Crippen molar-refractivity contribution >= 4 is 23.4 Å². The van der Waals surface area contributed by atoms with Gasteiger partial charge in [0.2, 0.25) is 0 Å². The molecule has 0 saturated carbocycles. The van der Waals surface area contributed by atoms with Crippen LogP contribution in [0, 0.1) is 6.92 Å². The molecule has 0 spiro atoms. The van der Waals surface area contributed by atoms with Gasteiger partial charge in [0.05, 0.1) is 0 Å². The summed E-state index contributed by atoms with van der Waals surface area (Å²) in [7, 11) is 0. The molecule has 1 heterocycles. The number of hydrogen-bond donors (Lipinski definition) is 1. The highest BCUT2D eigenvalue weighted by Crippen LogP contribution is 2.10. The van der Waals surface area contributed by atoms with Gasteiger partial charge in [0.1, 0.15) is 11.0 Å². The molecular weight excluding hydrogens is 162 g/mol. The van der Waals surface area contributed by atoms with E-state index in [4.69, 9.17) is 0 Å². The molecule has 0 bridgehead atoms. The van der Waals surface area contributed by atoms with Gasteiger partial charge in [-0.15, -0.1) is 12.4 Å². The third-order valence-electron chi connectivity index (χ3n) is 1.55. The van der Waals surface area contributed by atoms with E-state index in [9.17, 15) is 0 Å². The summed E-state index contributed by atoms with van der Waals surface area (Å²) in [5.74, 6) is 0. The fourth-order valence-electron chi connectivity index (χ4n) is 1.01. The Labute approximate surface area is 70.2 Å². The minimum atomic E-state index is 0. The first-order valence-electron chi connectivity index (χ1n) is 3.14. The quantitative estimate of drug-likeness (QED) is 0.652. The summed E-state index contributed by atoms with van der Waals surface area (Å²) >= 11 is 0. The van der Waals surface area contributed by atoms with Gasteiger partial charge >= 0.3 is 0 Å². The van der Waals surface area contributed by atoms with E-state index in [-0.39, 0.29) is 12.4 Å². The molecule has 58 valence electrons. The number of rotatable bonds is 0. The molecule has 0 fully saturated rings. The van der Waals surface area contributed by atoms with E-state index >= 15 is 0 Å². The van der Waals surface area contributed by atoms with Crippen molar-refractivity contribution in [2.75, 3.05) is 0 Å². The lowest BCUT2D eigenvalue weighted by atomic mass is 10.2. The van der Waals surface area contributed by atoms with Crippen LogP contribution >= 0.6 is 12.4 Å². The second-order valence-electron chi connectivity index (χ2n) is 2.27. The third kappa shape index (κ3) is 1.19. The van der Waals surface area contributed by atoms with Crippen LogP contribution in [-0.2, 0) is 0 Å². The Bertz CT molecular complexity index is 355. The number of halogens is 1. The molecule has 0 unspecified atom stereocenters. The lowest BCUT2D eigenvalue weighted by Crippen LogP contribution is -1.73. The van der Waals surface area contributed by atoms with E-state index in [1.807, 2.05) is 25.1 Å². The predicted molar refractivity (Wildman–Crippen MR) is 45.9 cm³/mol. The summed E-state index contributed by atoms with van der Waals surface area (Å²) in [5.41, 5.74) is 3.05. The zero-order valence-electron chi connectivity index (χ0n) is 6.03. The highest BCUT2D eigenvalue weighted by Gasteiger charge is 1.97. The van der Waals surface area contributed by atoms with Gasteiger partial charge in [0.25, 0.3) is 0 Å². The minimum Gasteiger partial charge on any atom is -0.197 e. The molecule has 0 amide bonds. The maximum Gasteiger partial charge on any atom is 0.115 e. The average molecular weight is 170 g/mol. The summed E-state index contributed by atoms with van der Waals surface area (Å²) in [6, 6.07) is 5.93. The average Bonchev–Trinajstić information content (AvgIpc) is 2.36. The lowest BCUT2D eigenvalue weighted by Gasteiger charge is -1.88. The van der Waals surface area contributed by atoms with Crippen LogP contribution < -0.4 is 0 Å². The minimum absolute atomic E-state index is 0. The largest absolute Gasteiger partial charge is 0.197 e. The van der Waals surface area contributed by atoms with Crippen molar-refractivity contribution < 1.29 is 0 Å². The SMILES string of the molecule is Cc1cccc2n[nH]nc12.Cl. The highest BCUT2D eigenvalue weighted by atomic mass is 35.5. The maximum absolute atomic E-state index is 3.98. The van der Waals surface area contributed by atoms with Gasteiger partial charge in [0.15, 0.2) is 0 Å². The molecule has 2 rings (SSSR count). The van der Waals surface area contributed by atoms with Gasteiger partial charge in [-0.1, -0.05) is 12.1 Å². The van der Waals surface area contributed by atoms with Gasteiger partial charge in [-0.05, 0) is 18.6 Å². The van der Waals surface area contributed by atoms with E-state index < -0.39 is 0 Å². The molecule has 11 heavy (non-hydrogen) atoms. The smallest absolute Gasteiger partial charge is 0.115 e. The molecule has 0 aliphatic rings. The number of para-hydroxylation sites is 1. The summed E-state index contributed by atoms with van der Waals surface area (Å²) in [6.07, 6.45) is 0. The van der Waals surface area contributed by atoms with Crippen molar-refractivity contribution in [3.05, 3.63) is 23.8 Å². The van der Waals surface area contributed by atoms with Crippen molar-refractivity contribution in [1.29, 1.82) is 0 Å². The first-order chi connectivity index (χ1) is 4.88. The second-order valence-corrected chi connectivity index (χ2v) is 2.27. The first-order valence-corrected chi connectivity index (χ1v) is 3.14. The van der Waals surface area contributed by atoms with Crippen molar-refractivity contribution in [2.45, 2.75) is 6.92 Å². The summed E-state index contributed by atoms with van der Waals surface area (Å²) in [5, 5.41) is 10.5. The fraction of sp³-hybridized carbons (Fsp3) is 0.143. The van der Waals surface area contributed by atoms with Crippen LogP contribution in [0.4, 0.5) is 0 Å². The third-order valence-corrected chi connectivity index (χ3v) is 1.55. The van der Waals surface area contributed by atoms with E-state index in [1.165, 1.54) is 0 Å². The number of fused-ring (bicyclic) bond motifs is 1. The van der Waals surface area contributed by atoms with Gasteiger partial charge in [-0.2, -0.15) is 15.4 Å². The van der Waals surface area contributed by atoms with Crippen molar-refractivity contribution in [3.63, 3.8) is 0 Å². The standard InChI is InChI=1S/C7H7N3.ClH/c1-5-3-2-4-6-7(5)9-10-8-6;/h2-4H,1H3,(H,8,9,10);1H. The molecule has 0 aliphatic heterocycles. The number of aromatic nitrogens is 3. The summed E-state index contributed by atoms with van der Waals surface area (Å²) in [6.45, 7) is 2.02.